The van der Waals surface area contributed by atoms with E-state index in [0.717, 1.165) is 12.2 Å². The largest absolute Gasteiger partial charge is 0.478 e. The molecule has 0 saturated carbocycles. The van der Waals surface area contributed by atoms with Crippen molar-refractivity contribution < 1.29 is 14.7 Å². The topological polar surface area (TPSA) is 79.3 Å². The fraction of sp³-hybridized carbons (Fsp3) is 0.462. The summed E-state index contributed by atoms with van der Waals surface area (Å²) in [4.78, 5) is 26.4. The first kappa shape index (κ1) is 13.9. The van der Waals surface area contributed by atoms with Crippen LogP contribution in [0.15, 0.2) is 18.3 Å². The highest BCUT2D eigenvalue weighted by Crippen LogP contribution is 2.34. The van der Waals surface area contributed by atoms with Gasteiger partial charge in [0.1, 0.15) is 5.82 Å². The van der Waals surface area contributed by atoms with Crippen molar-refractivity contribution in [3.63, 3.8) is 0 Å². The van der Waals surface area contributed by atoms with Crippen LogP contribution in [-0.4, -0.2) is 33.0 Å². The lowest BCUT2D eigenvalue weighted by Crippen LogP contribution is -2.20. The Morgan fingerprint density at radius 1 is 1.53 bits per heavy atom. The minimum Gasteiger partial charge on any atom is -0.478 e. The van der Waals surface area contributed by atoms with Crippen molar-refractivity contribution in [2.24, 2.45) is 5.92 Å². The van der Waals surface area contributed by atoms with E-state index in [0.29, 0.717) is 23.4 Å². The average molecular weight is 280 g/mol. The predicted molar refractivity (Wildman–Crippen MR) is 74.5 cm³/mol. The number of nitrogens with zero attached hydrogens (tertiary/aromatic N) is 1. The van der Waals surface area contributed by atoms with Gasteiger partial charge in [0.2, 0.25) is 5.91 Å². The van der Waals surface area contributed by atoms with Gasteiger partial charge in [0.25, 0.3) is 0 Å². The van der Waals surface area contributed by atoms with E-state index < -0.39 is 5.97 Å². The van der Waals surface area contributed by atoms with Crippen LogP contribution in [-0.2, 0) is 4.79 Å². The number of nitrogens with one attached hydrogen (secondary N) is 1. The van der Waals surface area contributed by atoms with Gasteiger partial charge in [0, 0.05) is 17.9 Å². The van der Waals surface area contributed by atoms with Crippen molar-refractivity contribution >= 4 is 29.5 Å². The number of carbonyl (C=O) groups is 2. The number of anilines is 1. The number of carbonyl (C=O) groups excluding carboxylic acids is 1. The maximum atomic E-state index is 11.9. The standard InChI is InChI=1S/C13H16N2O3S/c1-8-4-5-19-10(8)6-12(16)15-11-3-2-9(7-14-11)13(17)18/h2-3,7-8,10H,4-6H2,1H3,(H,17,18)(H,14,15,16). The molecule has 1 amide bonds. The van der Waals surface area contributed by atoms with Crippen LogP contribution in [0.3, 0.4) is 0 Å². The Morgan fingerprint density at radius 3 is 2.84 bits per heavy atom. The molecule has 1 aliphatic heterocycles. The Morgan fingerprint density at radius 2 is 2.32 bits per heavy atom. The first-order valence-corrected chi connectivity index (χ1v) is 7.22. The van der Waals surface area contributed by atoms with Crippen molar-refractivity contribution in [1.82, 2.24) is 4.98 Å². The molecule has 2 N–H and O–H groups in total. The highest BCUT2D eigenvalue weighted by molar-refractivity contribution is 8.00. The number of aromatic nitrogens is 1. The number of thioether (sulfide) groups is 1. The molecule has 2 unspecified atom stereocenters. The van der Waals surface area contributed by atoms with Gasteiger partial charge in [0.15, 0.2) is 0 Å². The Kier molecular flexibility index (Phi) is 4.42. The van der Waals surface area contributed by atoms with Gasteiger partial charge >= 0.3 is 5.97 Å². The number of aromatic carboxylic acids is 1. The van der Waals surface area contributed by atoms with Crippen molar-refractivity contribution in [3.05, 3.63) is 23.9 Å². The molecule has 0 radical (unpaired) electrons. The van der Waals surface area contributed by atoms with Gasteiger partial charge in [-0.1, -0.05) is 6.92 Å². The first-order valence-electron chi connectivity index (χ1n) is 6.17. The van der Waals surface area contributed by atoms with E-state index in [4.69, 9.17) is 5.11 Å². The molecule has 1 fully saturated rings. The number of rotatable bonds is 4. The molecule has 5 nitrogen and oxygen atoms in total. The summed E-state index contributed by atoms with van der Waals surface area (Å²) in [5.41, 5.74) is 0.109. The fourth-order valence-corrected chi connectivity index (χ4v) is 3.53. The number of pyridine rings is 1. The number of amides is 1. The highest BCUT2D eigenvalue weighted by atomic mass is 32.2. The van der Waals surface area contributed by atoms with Crippen LogP contribution in [0.2, 0.25) is 0 Å². The third-order valence-corrected chi connectivity index (χ3v) is 4.74. The molecule has 102 valence electrons. The molecule has 2 rings (SSSR count). The van der Waals surface area contributed by atoms with Crippen molar-refractivity contribution in [3.8, 4) is 0 Å². The summed E-state index contributed by atoms with van der Waals surface area (Å²) in [5.74, 6) is 0.983. The Labute approximate surface area is 115 Å². The molecule has 1 aromatic heterocycles. The molecular formula is C13H16N2O3S. The zero-order chi connectivity index (χ0) is 13.8. The lowest BCUT2D eigenvalue weighted by molar-refractivity contribution is -0.116. The maximum Gasteiger partial charge on any atom is 0.337 e. The van der Waals surface area contributed by atoms with E-state index in [-0.39, 0.29) is 11.5 Å². The molecule has 6 heteroatoms. The van der Waals surface area contributed by atoms with Crippen molar-refractivity contribution in [2.75, 3.05) is 11.1 Å². The number of carboxylic acids is 1. The summed E-state index contributed by atoms with van der Waals surface area (Å²) in [5, 5.41) is 11.8. The molecule has 0 aliphatic carbocycles. The predicted octanol–water partition coefficient (Wildman–Crippen LogP) is 2.25. The third kappa shape index (κ3) is 3.70. The van der Waals surface area contributed by atoms with Gasteiger partial charge < -0.3 is 10.4 Å². The van der Waals surface area contributed by atoms with E-state index in [9.17, 15) is 9.59 Å². The smallest absolute Gasteiger partial charge is 0.337 e. The Hall–Kier alpha value is -1.56. The molecule has 19 heavy (non-hydrogen) atoms. The molecule has 1 aromatic rings. The SMILES string of the molecule is CC1CCSC1CC(=O)Nc1ccc(C(=O)O)cn1. The maximum absolute atomic E-state index is 11.9. The van der Waals surface area contributed by atoms with Crippen LogP contribution in [0.1, 0.15) is 30.1 Å². The monoisotopic (exact) mass is 280 g/mol. The van der Waals surface area contributed by atoms with Crippen molar-refractivity contribution in [2.45, 2.75) is 25.0 Å². The van der Waals surface area contributed by atoms with Gasteiger partial charge in [-0.3, -0.25) is 4.79 Å². The minimum absolute atomic E-state index is 0.0678. The second kappa shape index (κ2) is 6.06. The van der Waals surface area contributed by atoms with Crippen LogP contribution in [0.25, 0.3) is 0 Å². The van der Waals surface area contributed by atoms with Crippen LogP contribution in [0.5, 0.6) is 0 Å². The summed E-state index contributed by atoms with van der Waals surface area (Å²) in [6.07, 6.45) is 2.88. The van der Waals surface area contributed by atoms with Gasteiger partial charge in [-0.25, -0.2) is 9.78 Å². The lowest BCUT2D eigenvalue weighted by atomic mass is 10.0. The van der Waals surface area contributed by atoms with Crippen LogP contribution in [0, 0.1) is 5.92 Å². The number of hydrogen-bond acceptors (Lipinski definition) is 4. The summed E-state index contributed by atoms with van der Waals surface area (Å²) >= 11 is 1.84. The Balaban J connectivity index is 1.89. The second-order valence-electron chi connectivity index (χ2n) is 4.66. The third-order valence-electron chi connectivity index (χ3n) is 3.20. The molecule has 1 saturated heterocycles. The van der Waals surface area contributed by atoms with E-state index in [1.165, 1.54) is 18.3 Å². The van der Waals surface area contributed by atoms with Gasteiger partial charge in [0.05, 0.1) is 5.56 Å². The van der Waals surface area contributed by atoms with E-state index in [1.807, 2.05) is 11.8 Å². The van der Waals surface area contributed by atoms with Gasteiger partial charge in [-0.2, -0.15) is 11.8 Å². The van der Waals surface area contributed by atoms with Gasteiger partial charge in [-0.05, 0) is 30.2 Å². The normalized spacial score (nSPS) is 22.2. The summed E-state index contributed by atoms with van der Waals surface area (Å²) in [7, 11) is 0. The summed E-state index contributed by atoms with van der Waals surface area (Å²) < 4.78 is 0. The zero-order valence-electron chi connectivity index (χ0n) is 10.6. The molecule has 2 heterocycles. The highest BCUT2D eigenvalue weighted by Gasteiger charge is 2.26. The molecule has 1 aliphatic rings. The quantitative estimate of drug-likeness (QED) is 0.884. The summed E-state index contributed by atoms with van der Waals surface area (Å²) in [6, 6.07) is 2.93. The van der Waals surface area contributed by atoms with E-state index in [1.54, 1.807) is 0 Å². The number of hydrogen-bond donors (Lipinski definition) is 2. The molecule has 0 aromatic carbocycles. The molecule has 0 spiro atoms. The second-order valence-corrected chi connectivity index (χ2v) is 6.01. The average Bonchev–Trinajstić information content (AvgIpc) is 2.75. The lowest BCUT2D eigenvalue weighted by Gasteiger charge is -2.13. The van der Waals surface area contributed by atoms with E-state index >= 15 is 0 Å². The fourth-order valence-electron chi connectivity index (χ4n) is 1.99. The van der Waals surface area contributed by atoms with Gasteiger partial charge in [-0.15, -0.1) is 0 Å². The zero-order valence-corrected chi connectivity index (χ0v) is 11.4. The van der Waals surface area contributed by atoms with Crippen LogP contribution in [0.4, 0.5) is 5.82 Å². The van der Waals surface area contributed by atoms with Crippen LogP contribution < -0.4 is 5.32 Å². The minimum atomic E-state index is -1.03. The molecule has 0 bridgehead atoms. The Bertz CT molecular complexity index is 475. The molecular weight excluding hydrogens is 264 g/mol. The number of carboxylic acid groups (broad SMARTS) is 1. The molecule has 2 atom stereocenters. The van der Waals surface area contributed by atoms with E-state index in [2.05, 4.69) is 17.2 Å². The van der Waals surface area contributed by atoms with Crippen LogP contribution >= 0.6 is 11.8 Å². The van der Waals surface area contributed by atoms with Crippen molar-refractivity contribution in [1.29, 1.82) is 0 Å². The first-order chi connectivity index (χ1) is 9.06. The summed E-state index contributed by atoms with van der Waals surface area (Å²) in [6.45, 7) is 2.16.